The lowest BCUT2D eigenvalue weighted by molar-refractivity contribution is -0.149. The van der Waals surface area contributed by atoms with Crippen molar-refractivity contribution in [3.63, 3.8) is 0 Å². The van der Waals surface area contributed by atoms with E-state index in [-0.39, 0.29) is 43.6 Å². The normalized spacial score (nSPS) is 17.9. The van der Waals surface area contributed by atoms with E-state index in [0.717, 1.165) is 5.56 Å². The molecule has 1 heterocycles. The number of rotatable bonds is 14. The Morgan fingerprint density at radius 3 is 2.38 bits per heavy atom. The van der Waals surface area contributed by atoms with Crippen LogP contribution in [0.15, 0.2) is 29.3 Å². The van der Waals surface area contributed by atoms with Crippen LogP contribution in [-0.4, -0.2) is 82.0 Å². The van der Waals surface area contributed by atoms with E-state index in [1.54, 1.807) is 19.1 Å². The summed E-state index contributed by atoms with van der Waals surface area (Å²) >= 11 is 0. The Labute approximate surface area is 228 Å². The molecule has 0 bridgehead atoms. The maximum Gasteiger partial charge on any atom is 0.326 e. The number of phenols is 1. The first-order chi connectivity index (χ1) is 18.4. The van der Waals surface area contributed by atoms with Crippen LogP contribution in [0.3, 0.4) is 0 Å². The Morgan fingerprint density at radius 2 is 1.79 bits per heavy atom. The summed E-state index contributed by atoms with van der Waals surface area (Å²) in [6.45, 7) is 4.16. The predicted octanol–water partition coefficient (Wildman–Crippen LogP) is -0.593. The maximum absolute atomic E-state index is 13.4. The van der Waals surface area contributed by atoms with Crippen molar-refractivity contribution in [2.45, 2.75) is 76.5 Å². The molecule has 0 saturated carbocycles. The van der Waals surface area contributed by atoms with E-state index >= 15 is 0 Å². The minimum absolute atomic E-state index is 0.0938. The molecule has 1 aromatic rings. The van der Waals surface area contributed by atoms with Gasteiger partial charge in [-0.1, -0.05) is 32.4 Å². The SMILES string of the molecule is CCC(C)C(NC(=O)C(N)Cc1ccc(O)cc1)C(=O)NC(CCCN=C(N)N)C(=O)N1CCCC1C(=O)O. The molecule has 39 heavy (non-hydrogen) atoms. The van der Waals surface area contributed by atoms with Crippen LogP contribution in [0, 0.1) is 5.92 Å². The second-order valence-electron chi connectivity index (χ2n) is 9.89. The van der Waals surface area contributed by atoms with Crippen molar-refractivity contribution >= 4 is 29.7 Å². The fraction of sp³-hybridized carbons (Fsp3) is 0.577. The molecular weight excluding hydrogens is 506 g/mol. The molecular formula is C26H41N7O6. The number of aliphatic imine (C=N–C) groups is 1. The number of hydrogen-bond donors (Lipinski definition) is 7. The Hall–Kier alpha value is -3.87. The van der Waals surface area contributed by atoms with Gasteiger partial charge in [0.15, 0.2) is 5.96 Å². The smallest absolute Gasteiger partial charge is 0.326 e. The molecule has 5 atom stereocenters. The van der Waals surface area contributed by atoms with E-state index in [1.165, 1.54) is 17.0 Å². The van der Waals surface area contributed by atoms with Crippen molar-refractivity contribution in [3.8, 4) is 5.75 Å². The number of carboxylic acid groups (broad SMARTS) is 1. The summed E-state index contributed by atoms with van der Waals surface area (Å²) in [6, 6.07) is 2.38. The third-order valence-electron chi connectivity index (χ3n) is 6.90. The van der Waals surface area contributed by atoms with E-state index in [9.17, 15) is 29.4 Å². The maximum atomic E-state index is 13.4. The van der Waals surface area contributed by atoms with Gasteiger partial charge in [0.1, 0.15) is 23.9 Å². The van der Waals surface area contributed by atoms with Crippen molar-refractivity contribution in [2.24, 2.45) is 28.1 Å². The van der Waals surface area contributed by atoms with Crippen molar-refractivity contribution in [2.75, 3.05) is 13.1 Å². The van der Waals surface area contributed by atoms with Crippen LogP contribution in [0.25, 0.3) is 0 Å². The number of likely N-dealkylation sites (tertiary alicyclic amines) is 1. The molecule has 13 heteroatoms. The Balaban J connectivity index is 2.16. The second kappa shape index (κ2) is 14.9. The van der Waals surface area contributed by atoms with Crippen molar-refractivity contribution < 1.29 is 29.4 Å². The zero-order chi connectivity index (χ0) is 29.1. The van der Waals surface area contributed by atoms with Gasteiger partial charge in [-0.3, -0.25) is 19.4 Å². The third-order valence-corrected chi connectivity index (χ3v) is 6.90. The number of guanidine groups is 1. The van der Waals surface area contributed by atoms with Gasteiger partial charge in [-0.25, -0.2) is 4.79 Å². The molecule has 1 aliphatic heterocycles. The molecule has 10 N–H and O–H groups in total. The molecule has 0 aromatic heterocycles. The molecule has 2 rings (SSSR count). The second-order valence-corrected chi connectivity index (χ2v) is 9.89. The highest BCUT2D eigenvalue weighted by molar-refractivity contribution is 5.94. The number of nitrogens with two attached hydrogens (primary N) is 3. The van der Waals surface area contributed by atoms with Crippen molar-refractivity contribution in [1.82, 2.24) is 15.5 Å². The van der Waals surface area contributed by atoms with Gasteiger partial charge in [-0.05, 0) is 55.7 Å². The first-order valence-electron chi connectivity index (χ1n) is 13.2. The van der Waals surface area contributed by atoms with Crippen molar-refractivity contribution in [1.29, 1.82) is 0 Å². The van der Waals surface area contributed by atoms with Crippen LogP contribution >= 0.6 is 0 Å². The zero-order valence-corrected chi connectivity index (χ0v) is 22.5. The van der Waals surface area contributed by atoms with Crippen LogP contribution in [-0.2, 0) is 25.6 Å². The largest absolute Gasteiger partial charge is 0.508 e. The van der Waals surface area contributed by atoms with Gasteiger partial charge in [0.05, 0.1) is 6.04 Å². The Bertz CT molecular complexity index is 1030. The highest BCUT2D eigenvalue weighted by Crippen LogP contribution is 2.20. The van der Waals surface area contributed by atoms with E-state index in [0.29, 0.717) is 25.7 Å². The lowest BCUT2D eigenvalue weighted by Gasteiger charge is -2.30. The summed E-state index contributed by atoms with van der Waals surface area (Å²) in [5, 5.41) is 24.5. The number of carbonyl (C=O) groups excluding carboxylic acids is 3. The van der Waals surface area contributed by atoms with Gasteiger partial charge in [0, 0.05) is 13.1 Å². The summed E-state index contributed by atoms with van der Waals surface area (Å²) in [5.41, 5.74) is 17.6. The summed E-state index contributed by atoms with van der Waals surface area (Å²) in [5.74, 6) is -3.00. The first kappa shape index (κ1) is 31.3. The Morgan fingerprint density at radius 1 is 1.13 bits per heavy atom. The number of hydrogen-bond acceptors (Lipinski definition) is 7. The number of amides is 3. The van der Waals surface area contributed by atoms with Crippen LogP contribution < -0.4 is 27.8 Å². The number of nitrogens with zero attached hydrogens (tertiary/aromatic N) is 2. The molecule has 1 aromatic carbocycles. The predicted molar refractivity (Wildman–Crippen MR) is 145 cm³/mol. The van der Waals surface area contributed by atoms with Crippen LogP contribution in [0.2, 0.25) is 0 Å². The number of phenolic OH excluding ortho intramolecular Hbond substituents is 1. The van der Waals surface area contributed by atoms with Crippen molar-refractivity contribution in [3.05, 3.63) is 29.8 Å². The van der Waals surface area contributed by atoms with Gasteiger partial charge in [-0.15, -0.1) is 0 Å². The van der Waals surface area contributed by atoms with Crippen LogP contribution in [0.1, 0.15) is 51.5 Å². The monoisotopic (exact) mass is 547 g/mol. The topological polar surface area (TPSA) is 226 Å². The van der Waals surface area contributed by atoms with E-state index in [4.69, 9.17) is 17.2 Å². The quantitative estimate of drug-likeness (QED) is 0.0895. The standard InChI is InChI=1S/C26H41N7O6/c1-3-15(2)21(32-22(35)18(27)14-16-8-10-17(34)11-9-16)23(36)31-19(6-4-12-30-26(28)29)24(37)33-13-5-7-20(33)25(38)39/h8-11,15,18-21,34H,3-7,12-14,27H2,1-2H3,(H,31,36)(H,32,35)(H,38,39)(H4,28,29,30). The average molecular weight is 548 g/mol. The highest BCUT2D eigenvalue weighted by atomic mass is 16.4. The zero-order valence-electron chi connectivity index (χ0n) is 22.5. The summed E-state index contributed by atoms with van der Waals surface area (Å²) in [7, 11) is 0. The van der Waals surface area contributed by atoms with Gasteiger partial charge >= 0.3 is 5.97 Å². The first-order valence-corrected chi connectivity index (χ1v) is 13.2. The fourth-order valence-electron chi connectivity index (χ4n) is 4.45. The lowest BCUT2D eigenvalue weighted by atomic mass is 9.96. The molecule has 5 unspecified atom stereocenters. The number of aromatic hydroxyl groups is 1. The van der Waals surface area contributed by atoms with Gasteiger partial charge in [0.2, 0.25) is 17.7 Å². The minimum Gasteiger partial charge on any atom is -0.508 e. The molecule has 0 aliphatic carbocycles. The van der Waals surface area contributed by atoms with E-state index in [2.05, 4.69) is 15.6 Å². The fourth-order valence-corrected chi connectivity index (χ4v) is 4.45. The van der Waals surface area contributed by atoms with Crippen LogP contribution in [0.4, 0.5) is 0 Å². The lowest BCUT2D eigenvalue weighted by Crippen LogP contribution is -2.58. The number of nitrogens with one attached hydrogen (secondary N) is 2. The molecule has 13 nitrogen and oxygen atoms in total. The minimum atomic E-state index is -1.10. The molecule has 1 saturated heterocycles. The molecule has 1 fully saturated rings. The Kier molecular flexibility index (Phi) is 12.0. The molecule has 0 spiro atoms. The van der Waals surface area contributed by atoms with Gasteiger partial charge in [0.25, 0.3) is 0 Å². The number of benzene rings is 1. The van der Waals surface area contributed by atoms with E-state index in [1.807, 2.05) is 6.92 Å². The average Bonchev–Trinajstić information content (AvgIpc) is 3.39. The molecule has 216 valence electrons. The summed E-state index contributed by atoms with van der Waals surface area (Å²) in [6.07, 6.45) is 2.16. The molecule has 1 aliphatic rings. The van der Waals surface area contributed by atoms with Gasteiger partial charge in [-0.2, -0.15) is 0 Å². The number of carboxylic acids is 1. The molecule has 3 amide bonds. The summed E-state index contributed by atoms with van der Waals surface area (Å²) < 4.78 is 0. The molecule has 0 radical (unpaired) electrons. The van der Waals surface area contributed by atoms with E-state index < -0.39 is 47.9 Å². The van der Waals surface area contributed by atoms with Gasteiger partial charge < -0.3 is 42.9 Å². The highest BCUT2D eigenvalue weighted by Gasteiger charge is 2.38. The number of aliphatic carboxylic acids is 1. The summed E-state index contributed by atoms with van der Waals surface area (Å²) in [4.78, 5) is 56.6. The number of carbonyl (C=O) groups is 4. The third kappa shape index (κ3) is 9.43. The van der Waals surface area contributed by atoms with Crippen LogP contribution in [0.5, 0.6) is 5.75 Å².